The second kappa shape index (κ2) is 9.02. The van der Waals surface area contributed by atoms with E-state index in [2.05, 4.69) is 10.3 Å². The van der Waals surface area contributed by atoms with Crippen molar-refractivity contribution in [2.24, 2.45) is 0 Å². The lowest BCUT2D eigenvalue weighted by atomic mass is 9.89. The van der Waals surface area contributed by atoms with E-state index in [1.165, 1.54) is 6.26 Å². The minimum Gasteiger partial charge on any atom is -0.467 e. The van der Waals surface area contributed by atoms with Crippen molar-refractivity contribution in [3.05, 3.63) is 125 Å². The molecule has 2 aromatic heterocycles. The number of nitrogens with zero attached hydrogens (tertiary/aromatic N) is 2. The molecule has 0 bridgehead atoms. The van der Waals surface area contributed by atoms with E-state index in [4.69, 9.17) is 4.42 Å². The minimum atomic E-state index is -0.700. The number of benzene rings is 3. The van der Waals surface area contributed by atoms with Crippen molar-refractivity contribution < 1.29 is 18.8 Å². The van der Waals surface area contributed by atoms with Crippen molar-refractivity contribution in [3.8, 4) is 0 Å². The number of H-pyrrole nitrogens is 1. The Morgan fingerprint density at radius 1 is 0.923 bits per heavy atom. The van der Waals surface area contributed by atoms with Crippen LogP contribution in [0.5, 0.6) is 0 Å². The van der Waals surface area contributed by atoms with Gasteiger partial charge in [0.05, 0.1) is 24.1 Å². The number of rotatable bonds is 5. The first-order chi connectivity index (χ1) is 19.1. The molecule has 4 amide bonds. The predicted molar refractivity (Wildman–Crippen MR) is 145 cm³/mol. The van der Waals surface area contributed by atoms with Gasteiger partial charge in [0.15, 0.2) is 0 Å². The lowest BCUT2D eigenvalue weighted by Crippen LogP contribution is -2.44. The Hall–Kier alpha value is -5.11. The van der Waals surface area contributed by atoms with E-state index in [9.17, 15) is 14.4 Å². The van der Waals surface area contributed by atoms with Crippen molar-refractivity contribution in [1.82, 2.24) is 15.2 Å². The number of para-hydroxylation sites is 2. The summed E-state index contributed by atoms with van der Waals surface area (Å²) in [5.41, 5.74) is 4.33. The standard InChI is InChI=1S/C31H24N4O4/c36-29(32-18-20-11-8-16-39-20)22-13-5-7-15-25(22)35-30(37)26-17-23-21-12-4-6-14-24(21)33-27(23)28(34(26)31(35)38)19-9-2-1-3-10-19/h1-16,26,28,33H,17-18H2,(H,32,36)/t26-,28?/m0/s1. The average Bonchev–Trinajstić information content (AvgIpc) is 3.68. The summed E-state index contributed by atoms with van der Waals surface area (Å²) in [5, 5.41) is 3.87. The van der Waals surface area contributed by atoms with Crippen molar-refractivity contribution in [3.63, 3.8) is 0 Å². The molecular weight excluding hydrogens is 492 g/mol. The molecule has 2 aliphatic rings. The molecular formula is C31H24N4O4. The Morgan fingerprint density at radius 3 is 2.51 bits per heavy atom. The molecule has 0 aliphatic carbocycles. The van der Waals surface area contributed by atoms with E-state index in [0.717, 1.165) is 32.6 Å². The van der Waals surface area contributed by atoms with Gasteiger partial charge in [-0.25, -0.2) is 9.69 Å². The summed E-state index contributed by atoms with van der Waals surface area (Å²) in [4.78, 5) is 47.7. The highest BCUT2D eigenvalue weighted by atomic mass is 16.3. The van der Waals surface area contributed by atoms with Crippen LogP contribution in [-0.4, -0.2) is 33.8 Å². The van der Waals surface area contributed by atoms with Crippen LogP contribution in [-0.2, 0) is 17.8 Å². The third-order valence-corrected chi connectivity index (χ3v) is 7.56. The number of imide groups is 1. The summed E-state index contributed by atoms with van der Waals surface area (Å²) in [6, 6.07) is 26.3. The maximum atomic E-state index is 14.1. The number of anilines is 1. The zero-order valence-electron chi connectivity index (χ0n) is 20.8. The predicted octanol–water partition coefficient (Wildman–Crippen LogP) is 5.17. The number of urea groups is 1. The molecule has 7 rings (SSSR count). The molecule has 0 radical (unpaired) electrons. The summed E-state index contributed by atoms with van der Waals surface area (Å²) in [6.45, 7) is 0.189. The van der Waals surface area contributed by atoms with Gasteiger partial charge in [0, 0.05) is 23.0 Å². The first-order valence-corrected chi connectivity index (χ1v) is 12.8. The second-order valence-electron chi connectivity index (χ2n) is 9.74. The Balaban J connectivity index is 1.30. The summed E-state index contributed by atoms with van der Waals surface area (Å²) in [5.74, 6) is -0.142. The molecule has 2 N–H and O–H groups in total. The zero-order chi connectivity index (χ0) is 26.5. The Morgan fingerprint density at radius 2 is 1.69 bits per heavy atom. The molecule has 192 valence electrons. The molecule has 3 aromatic carbocycles. The molecule has 1 unspecified atom stereocenters. The summed E-state index contributed by atoms with van der Waals surface area (Å²) in [7, 11) is 0. The molecule has 2 atom stereocenters. The number of nitrogens with one attached hydrogen (secondary N) is 2. The van der Waals surface area contributed by atoms with E-state index in [-0.39, 0.29) is 23.7 Å². The van der Waals surface area contributed by atoms with Crippen LogP contribution >= 0.6 is 0 Å². The fourth-order valence-electron chi connectivity index (χ4n) is 5.81. The lowest BCUT2D eigenvalue weighted by molar-refractivity contribution is -0.120. The molecule has 8 heteroatoms. The Bertz CT molecular complexity index is 1720. The van der Waals surface area contributed by atoms with Crippen LogP contribution in [0.4, 0.5) is 10.5 Å². The molecule has 5 aromatic rings. The lowest BCUT2D eigenvalue weighted by Gasteiger charge is -2.36. The fraction of sp³-hybridized carbons (Fsp3) is 0.129. The van der Waals surface area contributed by atoms with Gasteiger partial charge >= 0.3 is 6.03 Å². The highest BCUT2D eigenvalue weighted by Crippen LogP contribution is 2.45. The maximum absolute atomic E-state index is 14.1. The van der Waals surface area contributed by atoms with Crippen LogP contribution in [0.25, 0.3) is 10.9 Å². The van der Waals surface area contributed by atoms with Gasteiger partial charge in [-0.2, -0.15) is 0 Å². The number of amides is 4. The molecule has 1 saturated heterocycles. The third kappa shape index (κ3) is 3.64. The SMILES string of the molecule is O=C(NCc1ccco1)c1ccccc1N1C(=O)[C@@H]2Cc3c([nH]c4ccccc34)C(c3ccccc3)N2C1=O. The summed E-state index contributed by atoms with van der Waals surface area (Å²) >= 11 is 0. The molecule has 4 heterocycles. The summed E-state index contributed by atoms with van der Waals surface area (Å²) in [6.07, 6.45) is 1.92. The molecule has 2 aliphatic heterocycles. The van der Waals surface area contributed by atoms with Gasteiger partial charge in [0.25, 0.3) is 11.8 Å². The van der Waals surface area contributed by atoms with Crippen molar-refractivity contribution in [2.75, 3.05) is 4.90 Å². The van der Waals surface area contributed by atoms with E-state index < -0.39 is 24.0 Å². The number of furan rings is 1. The molecule has 1 fully saturated rings. The van der Waals surface area contributed by atoms with E-state index in [0.29, 0.717) is 12.2 Å². The van der Waals surface area contributed by atoms with Crippen LogP contribution in [0, 0.1) is 0 Å². The van der Waals surface area contributed by atoms with Crippen LogP contribution in [0.3, 0.4) is 0 Å². The van der Waals surface area contributed by atoms with Crippen LogP contribution in [0.1, 0.15) is 39.0 Å². The number of hydrogen-bond donors (Lipinski definition) is 2. The smallest absolute Gasteiger partial charge is 0.332 e. The third-order valence-electron chi connectivity index (χ3n) is 7.56. The Kier molecular flexibility index (Phi) is 5.33. The average molecular weight is 517 g/mol. The highest BCUT2D eigenvalue weighted by Gasteiger charge is 2.53. The van der Waals surface area contributed by atoms with Gasteiger partial charge in [-0.15, -0.1) is 0 Å². The zero-order valence-corrected chi connectivity index (χ0v) is 20.8. The normalized spacial score (nSPS) is 18.4. The first-order valence-electron chi connectivity index (χ1n) is 12.8. The maximum Gasteiger partial charge on any atom is 0.332 e. The van der Waals surface area contributed by atoms with Gasteiger partial charge in [0.1, 0.15) is 17.8 Å². The number of fused-ring (bicyclic) bond motifs is 4. The molecule has 0 saturated carbocycles. The van der Waals surface area contributed by atoms with Crippen molar-refractivity contribution in [2.45, 2.75) is 25.0 Å². The second-order valence-corrected chi connectivity index (χ2v) is 9.74. The van der Waals surface area contributed by atoms with E-state index in [1.54, 1.807) is 41.3 Å². The topological polar surface area (TPSA) is 98.7 Å². The first kappa shape index (κ1) is 23.0. The van der Waals surface area contributed by atoms with Crippen LogP contribution in [0.15, 0.2) is 102 Å². The highest BCUT2D eigenvalue weighted by molar-refractivity contribution is 6.24. The van der Waals surface area contributed by atoms with Crippen molar-refractivity contribution in [1.29, 1.82) is 0 Å². The minimum absolute atomic E-state index is 0.189. The largest absolute Gasteiger partial charge is 0.467 e. The van der Waals surface area contributed by atoms with E-state index in [1.807, 2.05) is 54.6 Å². The van der Waals surface area contributed by atoms with Gasteiger partial charge in [0.2, 0.25) is 0 Å². The number of aromatic nitrogens is 1. The molecule has 39 heavy (non-hydrogen) atoms. The Labute approximate surface area is 223 Å². The number of carbonyl (C=O) groups excluding carboxylic acids is 3. The number of hydrogen-bond acceptors (Lipinski definition) is 4. The summed E-state index contributed by atoms with van der Waals surface area (Å²) < 4.78 is 5.31. The van der Waals surface area contributed by atoms with Gasteiger partial charge in [-0.1, -0.05) is 60.7 Å². The van der Waals surface area contributed by atoms with Gasteiger partial charge in [-0.3, -0.25) is 14.5 Å². The monoisotopic (exact) mass is 516 g/mol. The molecule has 8 nitrogen and oxygen atoms in total. The number of carbonyl (C=O) groups is 3. The van der Waals surface area contributed by atoms with E-state index >= 15 is 0 Å². The van der Waals surface area contributed by atoms with Gasteiger partial charge < -0.3 is 14.7 Å². The van der Waals surface area contributed by atoms with Crippen molar-refractivity contribution >= 4 is 34.4 Å². The van der Waals surface area contributed by atoms with Crippen LogP contribution in [0.2, 0.25) is 0 Å². The van der Waals surface area contributed by atoms with Crippen LogP contribution < -0.4 is 10.2 Å². The quantitative estimate of drug-likeness (QED) is 0.315. The number of aromatic amines is 1. The fourth-order valence-corrected chi connectivity index (χ4v) is 5.81. The van der Waals surface area contributed by atoms with Gasteiger partial charge in [-0.05, 0) is 41.5 Å². The molecule has 0 spiro atoms.